The van der Waals surface area contributed by atoms with E-state index in [1.807, 2.05) is 6.08 Å². The molecule has 18 heavy (non-hydrogen) atoms. The lowest BCUT2D eigenvalue weighted by atomic mass is 9.93. The second-order valence-electron chi connectivity index (χ2n) is 4.99. The molecule has 0 unspecified atom stereocenters. The van der Waals surface area contributed by atoms with Crippen LogP contribution in [0.25, 0.3) is 0 Å². The fraction of sp³-hybridized carbons (Fsp3) is 0.733. The maximum Gasteiger partial charge on any atom is 0.0830 e. The maximum atomic E-state index is 9.88. The highest BCUT2D eigenvalue weighted by atomic mass is 16.5. The van der Waals surface area contributed by atoms with Gasteiger partial charge in [0.2, 0.25) is 0 Å². The van der Waals surface area contributed by atoms with Crippen molar-refractivity contribution in [3.05, 3.63) is 24.3 Å². The highest BCUT2D eigenvalue weighted by Gasteiger charge is 2.33. The number of hydrogen-bond acceptors (Lipinski definition) is 3. The molecule has 0 aromatic heterocycles. The van der Waals surface area contributed by atoms with Gasteiger partial charge in [0, 0.05) is 5.92 Å². The third-order valence-corrected chi connectivity index (χ3v) is 3.24. The molecule has 0 bridgehead atoms. The third-order valence-electron chi connectivity index (χ3n) is 3.24. The van der Waals surface area contributed by atoms with Gasteiger partial charge in [-0.1, -0.05) is 37.6 Å². The Morgan fingerprint density at radius 1 is 1.33 bits per heavy atom. The van der Waals surface area contributed by atoms with E-state index in [0.717, 1.165) is 19.3 Å². The topological polar surface area (TPSA) is 49.7 Å². The molecule has 1 fully saturated rings. The van der Waals surface area contributed by atoms with Gasteiger partial charge in [-0.15, -0.1) is 0 Å². The average Bonchev–Trinajstić information content (AvgIpc) is 2.68. The Bertz CT molecular complexity index is 271. The molecule has 1 heterocycles. The smallest absolute Gasteiger partial charge is 0.0830 e. The molecule has 1 aliphatic rings. The molecule has 3 heteroatoms. The first kappa shape index (κ1) is 15.4. The van der Waals surface area contributed by atoms with Gasteiger partial charge in [-0.3, -0.25) is 0 Å². The average molecular weight is 254 g/mol. The van der Waals surface area contributed by atoms with Crippen LogP contribution in [0.15, 0.2) is 24.3 Å². The van der Waals surface area contributed by atoms with Crippen LogP contribution in [0, 0.1) is 5.92 Å². The van der Waals surface area contributed by atoms with Crippen molar-refractivity contribution in [1.82, 2.24) is 0 Å². The molecule has 0 aliphatic carbocycles. The maximum absolute atomic E-state index is 9.88. The molecule has 0 spiro atoms. The zero-order valence-corrected chi connectivity index (χ0v) is 11.5. The van der Waals surface area contributed by atoms with Crippen molar-refractivity contribution in [2.45, 2.75) is 57.8 Å². The van der Waals surface area contributed by atoms with Crippen LogP contribution in [0.3, 0.4) is 0 Å². The van der Waals surface area contributed by atoms with Gasteiger partial charge in [0.25, 0.3) is 0 Å². The highest BCUT2D eigenvalue weighted by Crippen LogP contribution is 2.27. The van der Waals surface area contributed by atoms with E-state index >= 15 is 0 Å². The number of allylic oxidation sites excluding steroid dienone is 2. The van der Waals surface area contributed by atoms with Crippen LogP contribution in [0.5, 0.6) is 0 Å². The van der Waals surface area contributed by atoms with Gasteiger partial charge in [0.15, 0.2) is 0 Å². The van der Waals surface area contributed by atoms with E-state index in [2.05, 4.69) is 19.1 Å². The van der Waals surface area contributed by atoms with Crippen LogP contribution >= 0.6 is 0 Å². The molecular weight excluding hydrogens is 228 g/mol. The molecule has 104 valence electrons. The van der Waals surface area contributed by atoms with Crippen LogP contribution < -0.4 is 0 Å². The predicted molar refractivity (Wildman–Crippen MR) is 73.3 cm³/mol. The van der Waals surface area contributed by atoms with Crippen molar-refractivity contribution in [3.8, 4) is 0 Å². The van der Waals surface area contributed by atoms with Gasteiger partial charge in [0.1, 0.15) is 0 Å². The zero-order chi connectivity index (χ0) is 13.4. The molecule has 2 N–H and O–H groups in total. The van der Waals surface area contributed by atoms with E-state index in [0.29, 0.717) is 6.61 Å². The monoisotopic (exact) mass is 254 g/mol. The van der Waals surface area contributed by atoms with Gasteiger partial charge < -0.3 is 14.9 Å². The van der Waals surface area contributed by atoms with Gasteiger partial charge in [-0.05, 0) is 26.2 Å². The summed E-state index contributed by atoms with van der Waals surface area (Å²) in [5, 5.41) is 19.1. The number of unbranched alkanes of at least 4 members (excludes halogenated alkanes) is 1. The Hall–Kier alpha value is -0.640. The highest BCUT2D eigenvalue weighted by molar-refractivity contribution is 5.01. The minimum absolute atomic E-state index is 0.0609. The summed E-state index contributed by atoms with van der Waals surface area (Å²) < 4.78 is 5.53. The van der Waals surface area contributed by atoms with Gasteiger partial charge in [-0.25, -0.2) is 0 Å². The molecule has 0 saturated carbocycles. The Balaban J connectivity index is 2.39. The van der Waals surface area contributed by atoms with E-state index in [9.17, 15) is 10.2 Å². The number of hydrogen-bond donors (Lipinski definition) is 2. The first-order valence-electron chi connectivity index (χ1n) is 6.96. The fourth-order valence-electron chi connectivity index (χ4n) is 2.19. The lowest BCUT2D eigenvalue weighted by Crippen LogP contribution is -2.22. The standard InChI is InChI=1S/C15H26O3/c1-3-4-5-6-7-8-13-14(17)11-18-15(13)10-9-12(2)16/h5-6,9-10,12-17H,3-4,7-8,11H2,1-2H3/b6-5-,10-9+/t12-,13-,14-,15+/m0/s1. The molecule has 0 amide bonds. The first-order chi connectivity index (χ1) is 8.65. The third kappa shape index (κ3) is 5.34. The summed E-state index contributed by atoms with van der Waals surface area (Å²) in [5.74, 6) is 0.145. The Kier molecular flexibility index (Phi) is 7.25. The summed E-state index contributed by atoms with van der Waals surface area (Å²) in [6, 6.07) is 0. The normalized spacial score (nSPS) is 30.6. The van der Waals surface area contributed by atoms with Crippen LogP contribution in [0.2, 0.25) is 0 Å². The van der Waals surface area contributed by atoms with Crippen molar-refractivity contribution in [1.29, 1.82) is 0 Å². The summed E-state index contributed by atoms with van der Waals surface area (Å²) in [4.78, 5) is 0. The minimum atomic E-state index is -0.462. The molecule has 1 aliphatic heterocycles. The summed E-state index contributed by atoms with van der Waals surface area (Å²) in [6.45, 7) is 4.28. The van der Waals surface area contributed by atoms with E-state index in [4.69, 9.17) is 4.74 Å². The largest absolute Gasteiger partial charge is 0.390 e. The number of aliphatic hydroxyl groups is 2. The fourth-order valence-corrected chi connectivity index (χ4v) is 2.19. The van der Waals surface area contributed by atoms with E-state index < -0.39 is 6.10 Å². The Morgan fingerprint density at radius 3 is 2.72 bits per heavy atom. The van der Waals surface area contributed by atoms with Gasteiger partial charge >= 0.3 is 0 Å². The summed E-state index contributed by atoms with van der Waals surface area (Å²) in [7, 11) is 0. The van der Waals surface area contributed by atoms with E-state index in [1.165, 1.54) is 6.42 Å². The Labute approximate surface area is 110 Å². The molecule has 0 aromatic rings. The molecule has 0 aromatic carbocycles. The van der Waals surface area contributed by atoms with Crippen molar-refractivity contribution >= 4 is 0 Å². The van der Waals surface area contributed by atoms with Crippen LogP contribution in [-0.2, 0) is 4.74 Å². The number of ether oxygens (including phenoxy) is 1. The number of aliphatic hydroxyl groups excluding tert-OH is 2. The van der Waals surface area contributed by atoms with Crippen LogP contribution in [-0.4, -0.2) is 35.1 Å². The minimum Gasteiger partial charge on any atom is -0.390 e. The van der Waals surface area contributed by atoms with Crippen molar-refractivity contribution in [2.75, 3.05) is 6.61 Å². The second-order valence-corrected chi connectivity index (χ2v) is 4.99. The first-order valence-corrected chi connectivity index (χ1v) is 6.96. The lowest BCUT2D eigenvalue weighted by Gasteiger charge is -2.16. The molecule has 1 saturated heterocycles. The molecule has 4 atom stereocenters. The van der Waals surface area contributed by atoms with Crippen molar-refractivity contribution < 1.29 is 14.9 Å². The quantitative estimate of drug-likeness (QED) is 0.686. The van der Waals surface area contributed by atoms with Gasteiger partial charge in [-0.2, -0.15) is 0 Å². The summed E-state index contributed by atoms with van der Waals surface area (Å²) in [5.41, 5.74) is 0. The SMILES string of the molecule is CCC/C=C\CC[C@H]1[C@@H](O)CO[C@@H]1/C=C/[C@H](C)O. The molecule has 3 nitrogen and oxygen atoms in total. The molecule has 1 rings (SSSR count). The van der Waals surface area contributed by atoms with Crippen LogP contribution in [0.4, 0.5) is 0 Å². The van der Waals surface area contributed by atoms with Crippen LogP contribution in [0.1, 0.15) is 39.5 Å². The van der Waals surface area contributed by atoms with Crippen molar-refractivity contribution in [2.24, 2.45) is 5.92 Å². The number of rotatable bonds is 7. The van der Waals surface area contributed by atoms with Crippen molar-refractivity contribution in [3.63, 3.8) is 0 Å². The molecule has 0 radical (unpaired) electrons. The lowest BCUT2D eigenvalue weighted by molar-refractivity contribution is 0.107. The molecular formula is C15H26O3. The summed E-state index contributed by atoms with van der Waals surface area (Å²) in [6.07, 6.45) is 11.3. The second kappa shape index (κ2) is 8.46. The Morgan fingerprint density at radius 2 is 2.06 bits per heavy atom. The predicted octanol–water partition coefficient (Wildman–Crippen LogP) is 2.44. The van der Waals surface area contributed by atoms with E-state index in [1.54, 1.807) is 13.0 Å². The van der Waals surface area contributed by atoms with Gasteiger partial charge in [0.05, 0.1) is 24.9 Å². The summed E-state index contributed by atoms with van der Waals surface area (Å²) >= 11 is 0. The van der Waals surface area contributed by atoms with E-state index in [-0.39, 0.29) is 18.1 Å². The zero-order valence-electron chi connectivity index (χ0n) is 11.5.